The molecule has 0 fully saturated rings. The van der Waals surface area contributed by atoms with Gasteiger partial charge in [0.25, 0.3) is 11.6 Å². The Morgan fingerprint density at radius 2 is 1.93 bits per heavy atom. The highest BCUT2D eigenvalue weighted by Gasteiger charge is 2.31. The zero-order chi connectivity index (χ0) is 21.8. The molecule has 3 rings (SSSR count). The molecule has 2 aromatic carbocycles. The zero-order valence-electron chi connectivity index (χ0n) is 15.5. The number of carbonyl (C=O) groups excluding carboxylic acids is 2. The van der Waals surface area contributed by atoms with E-state index in [1.54, 1.807) is 0 Å². The van der Waals surface area contributed by atoms with Crippen molar-refractivity contribution in [3.63, 3.8) is 0 Å². The van der Waals surface area contributed by atoms with Crippen LogP contribution in [0.4, 0.5) is 25.0 Å². The summed E-state index contributed by atoms with van der Waals surface area (Å²) < 4.78 is 29.0. The summed E-state index contributed by atoms with van der Waals surface area (Å²) >= 11 is 0. The van der Waals surface area contributed by atoms with Gasteiger partial charge in [0.1, 0.15) is 5.75 Å². The molecule has 1 aliphatic heterocycles. The topological polar surface area (TPSA) is 123 Å². The third kappa shape index (κ3) is 4.69. The number of nitro groups is 1. The number of anilines is 1. The summed E-state index contributed by atoms with van der Waals surface area (Å²) in [5.41, 5.74) is 0.892. The number of benzene rings is 2. The molecule has 0 bridgehead atoms. The molecule has 30 heavy (non-hydrogen) atoms. The number of urea groups is 1. The van der Waals surface area contributed by atoms with Gasteiger partial charge < -0.3 is 20.7 Å². The molecule has 3 amide bonds. The third-order valence-corrected chi connectivity index (χ3v) is 4.27. The average Bonchev–Trinajstić information content (AvgIpc) is 2.67. The van der Waals surface area contributed by atoms with Gasteiger partial charge in [-0.1, -0.05) is 18.2 Å². The second-order valence-corrected chi connectivity index (χ2v) is 6.28. The van der Waals surface area contributed by atoms with E-state index in [0.717, 1.165) is 0 Å². The van der Waals surface area contributed by atoms with E-state index in [0.29, 0.717) is 5.56 Å². The normalized spacial score (nSPS) is 16.0. The molecule has 0 radical (unpaired) electrons. The highest BCUT2D eigenvalue weighted by Crippen LogP contribution is 2.29. The van der Waals surface area contributed by atoms with Crippen molar-refractivity contribution < 1.29 is 28.0 Å². The number of hydrogen-bond acceptors (Lipinski definition) is 5. The van der Waals surface area contributed by atoms with Crippen LogP contribution in [0.3, 0.4) is 0 Å². The maximum absolute atomic E-state index is 12.9. The van der Waals surface area contributed by atoms with Crippen LogP contribution in [0.25, 0.3) is 0 Å². The van der Waals surface area contributed by atoms with Gasteiger partial charge in [0, 0.05) is 23.5 Å². The molecule has 9 nitrogen and oxygen atoms in total. The van der Waals surface area contributed by atoms with E-state index >= 15 is 0 Å². The maximum Gasteiger partial charge on any atom is 0.387 e. The number of nitrogens with one attached hydrogen (secondary N) is 3. The van der Waals surface area contributed by atoms with E-state index in [1.807, 2.05) is 0 Å². The highest BCUT2D eigenvalue weighted by molar-refractivity contribution is 6.06. The molecule has 0 spiro atoms. The lowest BCUT2D eigenvalue weighted by molar-refractivity contribution is -0.384. The monoisotopic (exact) mass is 418 g/mol. The molecular weight excluding hydrogens is 402 g/mol. The molecule has 0 aliphatic carbocycles. The van der Waals surface area contributed by atoms with Gasteiger partial charge >= 0.3 is 12.6 Å². The number of alkyl halides is 2. The quantitative estimate of drug-likeness (QED) is 0.490. The third-order valence-electron chi connectivity index (χ3n) is 4.27. The van der Waals surface area contributed by atoms with E-state index in [2.05, 4.69) is 20.7 Å². The van der Waals surface area contributed by atoms with Gasteiger partial charge in [-0.3, -0.25) is 14.9 Å². The summed E-state index contributed by atoms with van der Waals surface area (Å²) in [7, 11) is 0. The molecule has 1 atom stereocenters. The summed E-state index contributed by atoms with van der Waals surface area (Å²) in [6.07, 6.45) is 0. The number of nitro benzene ring substituents is 1. The van der Waals surface area contributed by atoms with Crippen molar-refractivity contribution in [1.82, 2.24) is 10.6 Å². The lowest BCUT2D eigenvalue weighted by Gasteiger charge is -2.28. The predicted molar refractivity (Wildman–Crippen MR) is 102 cm³/mol. The molecule has 156 valence electrons. The summed E-state index contributed by atoms with van der Waals surface area (Å²) in [5.74, 6) is -0.671. The Kier molecular flexibility index (Phi) is 5.90. The van der Waals surface area contributed by atoms with Crippen LogP contribution in [-0.2, 0) is 4.79 Å². The van der Waals surface area contributed by atoms with Crippen molar-refractivity contribution in [3.05, 3.63) is 75.5 Å². The zero-order valence-corrected chi connectivity index (χ0v) is 15.5. The molecule has 0 saturated carbocycles. The first kappa shape index (κ1) is 20.7. The molecule has 3 N–H and O–H groups in total. The molecule has 1 heterocycles. The largest absolute Gasteiger partial charge is 0.435 e. The van der Waals surface area contributed by atoms with E-state index < -0.39 is 29.5 Å². The summed E-state index contributed by atoms with van der Waals surface area (Å²) in [6, 6.07) is 9.46. The van der Waals surface area contributed by atoms with Gasteiger partial charge in [-0.05, 0) is 30.7 Å². The standard InChI is InChI=1S/C19H16F2N4O5/c1-10-15(17(26)23-12-3-2-4-13(9-12)25(28)29)16(24-19(27)22-10)11-5-7-14(8-6-11)30-18(20)21/h2-9,16,18H,1H3,(H,23,26)(H2,22,24,27)/t16-/m1/s1. The fourth-order valence-corrected chi connectivity index (χ4v) is 2.98. The van der Waals surface area contributed by atoms with Crippen LogP contribution in [-0.4, -0.2) is 23.5 Å². The van der Waals surface area contributed by atoms with E-state index in [-0.39, 0.29) is 28.4 Å². The van der Waals surface area contributed by atoms with Crippen molar-refractivity contribution in [2.75, 3.05) is 5.32 Å². The SMILES string of the molecule is CC1=C(C(=O)Nc2cccc([N+](=O)[O-])c2)[C@@H](c2ccc(OC(F)F)cc2)NC(=O)N1. The first-order valence-electron chi connectivity index (χ1n) is 8.63. The molecule has 1 aliphatic rings. The van der Waals surface area contributed by atoms with Gasteiger partial charge in [-0.2, -0.15) is 8.78 Å². The predicted octanol–water partition coefficient (Wildman–Crippen LogP) is 3.46. The Balaban J connectivity index is 1.89. The van der Waals surface area contributed by atoms with Crippen LogP contribution in [0.15, 0.2) is 59.8 Å². The lowest BCUT2D eigenvalue weighted by Crippen LogP contribution is -2.45. The Labute approximate surface area is 168 Å². The van der Waals surface area contributed by atoms with Gasteiger partial charge in [-0.25, -0.2) is 4.79 Å². The number of rotatable bonds is 6. The fraction of sp³-hybridized carbons (Fsp3) is 0.158. The van der Waals surface area contributed by atoms with Gasteiger partial charge in [0.15, 0.2) is 0 Å². The number of halogens is 2. The van der Waals surface area contributed by atoms with E-state index in [1.165, 1.54) is 55.5 Å². The molecule has 2 aromatic rings. The van der Waals surface area contributed by atoms with Gasteiger partial charge in [0.05, 0.1) is 16.5 Å². The summed E-state index contributed by atoms with van der Waals surface area (Å²) in [5, 5.41) is 18.6. The Morgan fingerprint density at radius 3 is 2.57 bits per heavy atom. The van der Waals surface area contributed by atoms with Crippen LogP contribution >= 0.6 is 0 Å². The highest BCUT2D eigenvalue weighted by atomic mass is 19.3. The average molecular weight is 418 g/mol. The van der Waals surface area contributed by atoms with Crippen LogP contribution in [0.5, 0.6) is 5.75 Å². The number of carbonyl (C=O) groups is 2. The van der Waals surface area contributed by atoms with Crippen molar-refractivity contribution >= 4 is 23.3 Å². The number of hydrogen-bond donors (Lipinski definition) is 3. The second-order valence-electron chi connectivity index (χ2n) is 6.28. The number of amides is 3. The lowest BCUT2D eigenvalue weighted by atomic mass is 9.94. The van der Waals surface area contributed by atoms with Crippen molar-refractivity contribution in [2.45, 2.75) is 19.6 Å². The molecule has 11 heteroatoms. The molecule has 0 aromatic heterocycles. The fourth-order valence-electron chi connectivity index (χ4n) is 2.98. The van der Waals surface area contributed by atoms with Gasteiger partial charge in [-0.15, -0.1) is 0 Å². The van der Waals surface area contributed by atoms with Crippen molar-refractivity contribution in [1.29, 1.82) is 0 Å². The number of ether oxygens (including phenoxy) is 1. The van der Waals surface area contributed by atoms with Crippen LogP contribution < -0.4 is 20.7 Å². The molecular formula is C19H16F2N4O5. The Hall–Kier alpha value is -4.02. The summed E-state index contributed by atoms with van der Waals surface area (Å²) in [6.45, 7) is -1.45. The second kappa shape index (κ2) is 8.55. The molecule has 0 unspecified atom stereocenters. The van der Waals surface area contributed by atoms with Crippen molar-refractivity contribution in [2.24, 2.45) is 0 Å². The van der Waals surface area contributed by atoms with Crippen LogP contribution in [0.2, 0.25) is 0 Å². The number of non-ortho nitro benzene ring substituents is 1. The smallest absolute Gasteiger partial charge is 0.387 e. The van der Waals surface area contributed by atoms with Crippen LogP contribution in [0, 0.1) is 10.1 Å². The minimum atomic E-state index is -2.98. The number of allylic oxidation sites excluding steroid dienone is 1. The minimum Gasteiger partial charge on any atom is -0.435 e. The minimum absolute atomic E-state index is 0.0719. The van der Waals surface area contributed by atoms with E-state index in [4.69, 9.17) is 0 Å². The molecule has 0 saturated heterocycles. The first-order valence-corrected chi connectivity index (χ1v) is 8.63. The van der Waals surface area contributed by atoms with Crippen LogP contribution in [0.1, 0.15) is 18.5 Å². The van der Waals surface area contributed by atoms with Crippen molar-refractivity contribution in [3.8, 4) is 5.75 Å². The summed E-state index contributed by atoms with van der Waals surface area (Å²) in [4.78, 5) is 35.2. The number of nitrogens with zero attached hydrogens (tertiary/aromatic N) is 1. The first-order chi connectivity index (χ1) is 14.2. The maximum atomic E-state index is 12.9. The van der Waals surface area contributed by atoms with E-state index in [9.17, 15) is 28.5 Å². The Bertz CT molecular complexity index is 1020. The Morgan fingerprint density at radius 1 is 1.23 bits per heavy atom. The van der Waals surface area contributed by atoms with Gasteiger partial charge in [0.2, 0.25) is 0 Å².